The number of benzene rings is 1. The average Bonchev–Trinajstić information content (AvgIpc) is 3.03. The van der Waals surface area contributed by atoms with E-state index in [9.17, 15) is 14.1 Å². The van der Waals surface area contributed by atoms with E-state index in [0.717, 1.165) is 16.5 Å². The fraction of sp³-hybridized carbons (Fsp3) is 0.400. The molecule has 0 bridgehead atoms. The first-order valence-electron chi connectivity index (χ1n) is 6.80. The van der Waals surface area contributed by atoms with Crippen LogP contribution < -0.4 is 0 Å². The van der Waals surface area contributed by atoms with Crippen molar-refractivity contribution in [1.82, 2.24) is 0 Å². The minimum Gasteiger partial charge on any atom is -0.477 e. The molecule has 1 aromatic carbocycles. The molecule has 112 valence electrons. The van der Waals surface area contributed by atoms with Crippen LogP contribution in [0.25, 0.3) is 10.1 Å². The summed E-state index contributed by atoms with van der Waals surface area (Å²) < 4.78 is 19.0. The fourth-order valence-corrected chi connectivity index (χ4v) is 5.54. The van der Waals surface area contributed by atoms with Gasteiger partial charge in [0.15, 0.2) is 0 Å². The van der Waals surface area contributed by atoms with Crippen molar-refractivity contribution in [2.24, 2.45) is 0 Å². The number of thiophene rings is 1. The third-order valence-corrected chi connectivity index (χ3v) is 6.89. The van der Waals surface area contributed by atoms with Crippen LogP contribution in [0.3, 0.4) is 0 Å². The molecule has 0 amide bonds. The molecule has 2 heterocycles. The number of aromatic carboxylic acids is 1. The van der Waals surface area contributed by atoms with Gasteiger partial charge in [0.1, 0.15) is 4.88 Å². The molecule has 1 saturated heterocycles. The largest absolute Gasteiger partial charge is 0.477 e. The molecule has 6 heteroatoms. The zero-order valence-electron chi connectivity index (χ0n) is 11.6. The molecule has 4 nitrogen and oxygen atoms in total. The molecule has 21 heavy (non-hydrogen) atoms. The van der Waals surface area contributed by atoms with E-state index in [4.69, 9.17) is 4.74 Å². The molecular formula is C15H16O4S2. The number of ether oxygens (including phenoxy) is 1. The van der Waals surface area contributed by atoms with Crippen molar-refractivity contribution in [2.45, 2.75) is 30.5 Å². The Morgan fingerprint density at radius 1 is 1.48 bits per heavy atom. The Morgan fingerprint density at radius 3 is 2.90 bits per heavy atom. The van der Waals surface area contributed by atoms with Crippen molar-refractivity contribution in [1.29, 1.82) is 0 Å². The van der Waals surface area contributed by atoms with Crippen molar-refractivity contribution in [3.63, 3.8) is 0 Å². The third-order valence-electron chi connectivity index (χ3n) is 3.82. The van der Waals surface area contributed by atoms with Gasteiger partial charge in [-0.25, -0.2) is 4.79 Å². The number of fused-ring (bicyclic) bond motifs is 1. The van der Waals surface area contributed by atoms with Gasteiger partial charge in [0.05, 0.1) is 17.1 Å². The van der Waals surface area contributed by atoms with Gasteiger partial charge in [0.2, 0.25) is 0 Å². The molecule has 1 aliphatic rings. The molecule has 1 fully saturated rings. The van der Waals surface area contributed by atoms with Gasteiger partial charge in [-0.15, -0.1) is 11.3 Å². The highest BCUT2D eigenvalue weighted by Crippen LogP contribution is 2.33. The first-order chi connectivity index (χ1) is 10.1. The number of hydrogen-bond acceptors (Lipinski definition) is 4. The summed E-state index contributed by atoms with van der Waals surface area (Å²) in [6.07, 6.45) is 0.752. The lowest BCUT2D eigenvalue weighted by Crippen LogP contribution is -2.24. The topological polar surface area (TPSA) is 63.6 Å². The van der Waals surface area contributed by atoms with Crippen LogP contribution in [0.2, 0.25) is 0 Å². The summed E-state index contributed by atoms with van der Waals surface area (Å²) in [5.74, 6) is -0.664. The van der Waals surface area contributed by atoms with E-state index in [0.29, 0.717) is 17.0 Å². The Labute approximate surface area is 129 Å². The number of carboxylic acid groups (broad SMARTS) is 1. The standard InChI is InChI=1S/C15H16O4S2/c1-9-13(6-7-19-9)21(18)8-11-10-4-2-3-5-12(10)20-14(11)15(16)17/h2-5,9,13H,6-8H2,1H3,(H,16,17). The average molecular weight is 324 g/mol. The molecule has 1 aliphatic heterocycles. The van der Waals surface area contributed by atoms with E-state index < -0.39 is 16.8 Å². The van der Waals surface area contributed by atoms with Gasteiger partial charge in [0, 0.05) is 22.1 Å². The summed E-state index contributed by atoms with van der Waals surface area (Å²) in [6, 6.07) is 7.58. The van der Waals surface area contributed by atoms with Crippen molar-refractivity contribution in [3.05, 3.63) is 34.7 Å². The van der Waals surface area contributed by atoms with Gasteiger partial charge in [-0.1, -0.05) is 18.2 Å². The maximum Gasteiger partial charge on any atom is 0.346 e. The zero-order chi connectivity index (χ0) is 15.0. The highest BCUT2D eigenvalue weighted by molar-refractivity contribution is 7.85. The Bertz CT molecular complexity index is 707. The van der Waals surface area contributed by atoms with Crippen LogP contribution in [0.5, 0.6) is 0 Å². The lowest BCUT2D eigenvalue weighted by Gasteiger charge is -2.13. The van der Waals surface area contributed by atoms with Crippen LogP contribution in [-0.4, -0.2) is 33.2 Å². The van der Waals surface area contributed by atoms with Gasteiger partial charge in [-0.05, 0) is 30.4 Å². The predicted molar refractivity (Wildman–Crippen MR) is 84.4 cm³/mol. The summed E-state index contributed by atoms with van der Waals surface area (Å²) in [5.41, 5.74) is 0.695. The highest BCUT2D eigenvalue weighted by Gasteiger charge is 2.31. The molecule has 3 unspecified atom stereocenters. The molecule has 3 rings (SSSR count). The van der Waals surface area contributed by atoms with E-state index in [1.807, 2.05) is 31.2 Å². The van der Waals surface area contributed by atoms with Crippen molar-refractivity contribution in [3.8, 4) is 0 Å². The molecule has 1 aromatic heterocycles. The lowest BCUT2D eigenvalue weighted by atomic mass is 10.1. The van der Waals surface area contributed by atoms with Gasteiger partial charge in [0.25, 0.3) is 0 Å². The van der Waals surface area contributed by atoms with Crippen molar-refractivity contribution in [2.75, 3.05) is 6.61 Å². The molecule has 3 atom stereocenters. The summed E-state index contributed by atoms with van der Waals surface area (Å²) in [4.78, 5) is 11.7. The number of rotatable bonds is 4. The molecule has 0 aliphatic carbocycles. The maximum atomic E-state index is 12.6. The SMILES string of the molecule is CC1OCCC1S(=O)Cc1c(C(=O)O)sc2ccccc12. The van der Waals surface area contributed by atoms with E-state index >= 15 is 0 Å². The second kappa shape index (κ2) is 5.87. The van der Waals surface area contributed by atoms with E-state index in [1.165, 1.54) is 11.3 Å². The Hall–Kier alpha value is -1.24. The minimum atomic E-state index is -1.12. The zero-order valence-corrected chi connectivity index (χ0v) is 13.2. The second-order valence-corrected chi connectivity index (χ2v) is 7.85. The molecule has 0 saturated carbocycles. The molecule has 2 aromatic rings. The smallest absolute Gasteiger partial charge is 0.346 e. The number of hydrogen-bond donors (Lipinski definition) is 1. The van der Waals surface area contributed by atoms with Crippen molar-refractivity contribution < 1.29 is 18.8 Å². The van der Waals surface area contributed by atoms with Gasteiger partial charge >= 0.3 is 5.97 Å². The summed E-state index contributed by atoms with van der Waals surface area (Å²) in [5, 5.41) is 10.3. The second-order valence-electron chi connectivity index (χ2n) is 5.14. The number of carboxylic acids is 1. The predicted octanol–water partition coefficient (Wildman–Crippen LogP) is 3.03. The van der Waals surface area contributed by atoms with Crippen LogP contribution >= 0.6 is 11.3 Å². The first kappa shape index (κ1) is 14.7. The van der Waals surface area contributed by atoms with E-state index in [-0.39, 0.29) is 17.1 Å². The van der Waals surface area contributed by atoms with Crippen LogP contribution in [0, 0.1) is 0 Å². The van der Waals surface area contributed by atoms with E-state index in [1.54, 1.807) is 0 Å². The summed E-state index contributed by atoms with van der Waals surface area (Å²) >= 11 is 1.25. The summed E-state index contributed by atoms with van der Waals surface area (Å²) in [7, 11) is -1.12. The van der Waals surface area contributed by atoms with Gasteiger partial charge in [-0.3, -0.25) is 4.21 Å². The fourth-order valence-electron chi connectivity index (χ4n) is 2.72. The number of carbonyl (C=O) groups is 1. The van der Waals surface area contributed by atoms with Gasteiger partial charge < -0.3 is 9.84 Å². The van der Waals surface area contributed by atoms with E-state index in [2.05, 4.69) is 0 Å². The normalized spacial score (nSPS) is 23.5. The quantitative estimate of drug-likeness (QED) is 0.939. The maximum absolute atomic E-state index is 12.6. The highest BCUT2D eigenvalue weighted by atomic mass is 32.2. The van der Waals surface area contributed by atoms with Crippen LogP contribution in [0.1, 0.15) is 28.6 Å². The Morgan fingerprint density at radius 2 is 2.24 bits per heavy atom. The van der Waals surface area contributed by atoms with Gasteiger partial charge in [-0.2, -0.15) is 0 Å². The van der Waals surface area contributed by atoms with Crippen LogP contribution in [-0.2, 0) is 21.3 Å². The van der Waals surface area contributed by atoms with Crippen molar-refractivity contribution >= 4 is 38.2 Å². The lowest BCUT2D eigenvalue weighted by molar-refractivity contribution is 0.0701. The molecular weight excluding hydrogens is 308 g/mol. The molecule has 0 radical (unpaired) electrons. The van der Waals surface area contributed by atoms with Crippen LogP contribution in [0.15, 0.2) is 24.3 Å². The third kappa shape index (κ3) is 2.75. The minimum absolute atomic E-state index is 0.00897. The summed E-state index contributed by atoms with van der Waals surface area (Å²) in [6.45, 7) is 2.56. The monoisotopic (exact) mass is 324 g/mol. The molecule has 0 spiro atoms. The Balaban J connectivity index is 1.97. The molecule has 1 N–H and O–H groups in total. The Kier molecular flexibility index (Phi) is 4.10. The van der Waals surface area contributed by atoms with Crippen LogP contribution in [0.4, 0.5) is 0 Å². The first-order valence-corrected chi connectivity index (χ1v) is 9.00.